The molecule has 148 valence electrons. The van der Waals surface area contributed by atoms with Crippen LogP contribution in [0.3, 0.4) is 0 Å². The Morgan fingerprint density at radius 3 is 1.38 bits per heavy atom. The van der Waals surface area contributed by atoms with Crippen molar-refractivity contribution in [2.75, 3.05) is 0 Å². The number of benzene rings is 2. The second-order valence-corrected chi connectivity index (χ2v) is 8.46. The predicted octanol–water partition coefficient (Wildman–Crippen LogP) is 1.37. The molecule has 4 aromatic rings. The topological polar surface area (TPSA) is 166 Å². The Hall–Kier alpha value is -1.23. The van der Waals surface area contributed by atoms with Crippen LogP contribution in [0.15, 0.2) is 57.6 Å². The molecule has 0 radical (unpaired) electrons. The van der Waals surface area contributed by atoms with Gasteiger partial charge in [0, 0.05) is 10.8 Å². The van der Waals surface area contributed by atoms with Crippen LogP contribution < -0.4 is 0 Å². The molecule has 2 aromatic heterocycles. The van der Waals surface area contributed by atoms with Gasteiger partial charge in [0.15, 0.2) is 11.2 Å². The summed E-state index contributed by atoms with van der Waals surface area (Å²) in [6, 6.07) is 13.6. The van der Waals surface area contributed by atoms with Gasteiger partial charge in [-0.3, -0.25) is 0 Å². The largest absolute Gasteiger partial charge is 2.00 e. The fraction of sp³-hybridized carbons (Fsp3) is 0.125. The molecule has 4 rings (SSSR count). The Bertz CT molecular complexity index is 1230. The summed E-state index contributed by atoms with van der Waals surface area (Å²) in [5.74, 6) is -1.27. The van der Waals surface area contributed by atoms with Crippen LogP contribution in [0.1, 0.15) is 11.4 Å². The third-order valence-corrected chi connectivity index (χ3v) is 4.79. The molecule has 0 atom stereocenters. The maximum absolute atomic E-state index is 10.5. The summed E-state index contributed by atoms with van der Waals surface area (Å²) in [7, 11) is -8.62. The Balaban J connectivity index is 0.000000200. The molecule has 0 saturated heterocycles. The minimum atomic E-state index is -4.31. The Morgan fingerprint density at radius 1 is 0.690 bits per heavy atom. The van der Waals surface area contributed by atoms with Crippen LogP contribution in [-0.4, -0.2) is 85.1 Å². The van der Waals surface area contributed by atoms with Crippen LogP contribution in [0.5, 0.6) is 0 Å². The second kappa shape index (κ2) is 9.72. The van der Waals surface area contributed by atoms with Crippen LogP contribution in [0.25, 0.3) is 21.9 Å². The molecule has 0 spiro atoms. The summed E-state index contributed by atoms with van der Waals surface area (Å²) in [6.45, 7) is 0. The van der Waals surface area contributed by atoms with E-state index in [1.807, 2.05) is 0 Å². The van der Waals surface area contributed by atoms with E-state index in [0.29, 0.717) is 21.9 Å². The predicted molar refractivity (Wildman–Crippen MR) is 101 cm³/mol. The average molecular weight is 562 g/mol. The molecule has 0 bridgehead atoms. The van der Waals surface area contributed by atoms with Crippen molar-refractivity contribution >= 4 is 91.1 Å². The standard InChI is InChI=1S/2C8H7NO4S.Ba/c2*10-14(11,12)5-7-6-3-1-2-4-8(6)13-9-7;/h2*1-4H,5H2,(H,10,11,12);/q;;+2/p-2. The van der Waals surface area contributed by atoms with Gasteiger partial charge >= 0.3 is 48.9 Å². The molecule has 0 aliphatic carbocycles. The van der Waals surface area contributed by atoms with Crippen LogP contribution in [-0.2, 0) is 31.7 Å². The van der Waals surface area contributed by atoms with Gasteiger partial charge in [-0.25, -0.2) is 16.8 Å². The molecule has 0 aliphatic heterocycles. The molecule has 0 amide bonds. The molecule has 2 heterocycles. The number of para-hydroxylation sites is 2. The summed E-state index contributed by atoms with van der Waals surface area (Å²) in [5, 5.41) is 8.18. The molecular weight excluding hydrogens is 550 g/mol. The van der Waals surface area contributed by atoms with E-state index >= 15 is 0 Å². The van der Waals surface area contributed by atoms with Crippen molar-refractivity contribution in [1.82, 2.24) is 10.3 Å². The van der Waals surface area contributed by atoms with Gasteiger partial charge in [-0.05, 0) is 24.3 Å². The monoisotopic (exact) mass is 562 g/mol. The van der Waals surface area contributed by atoms with Crippen LogP contribution in [0, 0.1) is 0 Å². The van der Waals surface area contributed by atoms with Gasteiger partial charge in [0.1, 0.15) is 31.6 Å². The molecular formula is C16H12BaN2O8S2. The van der Waals surface area contributed by atoms with E-state index < -0.39 is 31.7 Å². The summed E-state index contributed by atoms with van der Waals surface area (Å²) in [6.07, 6.45) is 0. The van der Waals surface area contributed by atoms with Crippen molar-refractivity contribution in [3.63, 3.8) is 0 Å². The zero-order chi connectivity index (χ0) is 20.4. The van der Waals surface area contributed by atoms with Crippen molar-refractivity contribution in [1.29, 1.82) is 0 Å². The number of hydrogen-bond donors (Lipinski definition) is 0. The van der Waals surface area contributed by atoms with E-state index in [1.165, 1.54) is 0 Å². The maximum atomic E-state index is 10.5. The van der Waals surface area contributed by atoms with Crippen LogP contribution in [0.4, 0.5) is 0 Å². The van der Waals surface area contributed by atoms with Crippen molar-refractivity contribution < 1.29 is 35.0 Å². The first-order chi connectivity index (χ1) is 13.1. The van der Waals surface area contributed by atoms with E-state index in [1.54, 1.807) is 48.5 Å². The molecule has 13 heteroatoms. The summed E-state index contributed by atoms with van der Waals surface area (Å²) >= 11 is 0. The van der Waals surface area contributed by atoms with E-state index in [2.05, 4.69) is 10.3 Å². The fourth-order valence-corrected chi connectivity index (χ4v) is 3.51. The maximum Gasteiger partial charge on any atom is 2.00 e. The zero-order valence-corrected chi connectivity index (χ0v) is 20.8. The van der Waals surface area contributed by atoms with Crippen LogP contribution in [0.2, 0.25) is 0 Å². The first-order valence-corrected chi connectivity index (χ1v) is 10.8. The minimum Gasteiger partial charge on any atom is -0.748 e. The Morgan fingerprint density at radius 2 is 1.03 bits per heavy atom. The van der Waals surface area contributed by atoms with Gasteiger partial charge in [0.25, 0.3) is 0 Å². The molecule has 29 heavy (non-hydrogen) atoms. The van der Waals surface area contributed by atoms with Crippen molar-refractivity contribution in [2.24, 2.45) is 0 Å². The quantitative estimate of drug-likeness (QED) is 0.262. The van der Waals surface area contributed by atoms with Gasteiger partial charge in [0.05, 0.1) is 11.5 Å². The molecule has 0 N–H and O–H groups in total. The van der Waals surface area contributed by atoms with E-state index in [-0.39, 0.29) is 60.3 Å². The number of nitrogens with zero attached hydrogens (tertiary/aromatic N) is 2. The smallest absolute Gasteiger partial charge is 0.748 e. The van der Waals surface area contributed by atoms with Crippen LogP contribution >= 0.6 is 0 Å². The van der Waals surface area contributed by atoms with E-state index in [4.69, 9.17) is 9.05 Å². The average Bonchev–Trinajstić information content (AvgIpc) is 3.18. The first-order valence-electron chi connectivity index (χ1n) is 7.66. The molecule has 0 saturated carbocycles. The third-order valence-electron chi connectivity index (χ3n) is 3.53. The third kappa shape index (κ3) is 6.91. The van der Waals surface area contributed by atoms with Gasteiger partial charge in [-0.1, -0.05) is 34.6 Å². The number of hydrogen-bond acceptors (Lipinski definition) is 10. The minimum absolute atomic E-state index is 0. The summed E-state index contributed by atoms with van der Waals surface area (Å²) in [4.78, 5) is 0. The molecule has 10 nitrogen and oxygen atoms in total. The molecule has 0 aliphatic rings. The molecule has 2 aromatic carbocycles. The van der Waals surface area contributed by atoms with Gasteiger partial charge < -0.3 is 18.2 Å². The number of rotatable bonds is 4. The molecule has 0 fully saturated rings. The van der Waals surface area contributed by atoms with Gasteiger partial charge in [0.2, 0.25) is 0 Å². The normalized spacial score (nSPS) is 11.7. The second-order valence-electron chi connectivity index (χ2n) is 5.65. The molecule has 0 unspecified atom stereocenters. The number of aromatic nitrogens is 2. The Kier molecular flexibility index (Phi) is 8.06. The van der Waals surface area contributed by atoms with Gasteiger partial charge in [-0.15, -0.1) is 0 Å². The van der Waals surface area contributed by atoms with Gasteiger partial charge in [-0.2, -0.15) is 0 Å². The summed E-state index contributed by atoms with van der Waals surface area (Å²) in [5.41, 5.74) is 1.28. The summed E-state index contributed by atoms with van der Waals surface area (Å²) < 4.78 is 72.7. The fourth-order valence-electron chi connectivity index (χ4n) is 2.42. The SMILES string of the molecule is O=S(=O)([O-])Cc1noc2ccccc12.O=S(=O)([O-])Cc1noc2ccccc12.[Ba+2]. The van der Waals surface area contributed by atoms with E-state index in [9.17, 15) is 25.9 Å². The van der Waals surface area contributed by atoms with Crippen molar-refractivity contribution in [3.8, 4) is 0 Å². The van der Waals surface area contributed by atoms with E-state index in [0.717, 1.165) is 0 Å². The zero-order valence-electron chi connectivity index (χ0n) is 14.7. The first kappa shape index (κ1) is 24.0. The van der Waals surface area contributed by atoms with Crippen molar-refractivity contribution in [2.45, 2.75) is 11.5 Å². The number of fused-ring (bicyclic) bond motifs is 2. The van der Waals surface area contributed by atoms with Crippen molar-refractivity contribution in [3.05, 3.63) is 59.9 Å². The Labute approximate surface area is 205 Å².